The zero-order chi connectivity index (χ0) is 17.1. The zero-order valence-electron chi connectivity index (χ0n) is 13.7. The van der Waals surface area contributed by atoms with Crippen molar-refractivity contribution in [3.63, 3.8) is 0 Å². The van der Waals surface area contributed by atoms with Crippen LogP contribution in [0.1, 0.15) is 20.9 Å². The lowest BCUT2D eigenvalue weighted by atomic mass is 10.2. The van der Waals surface area contributed by atoms with Gasteiger partial charge in [-0.05, 0) is 37.3 Å². The molecule has 3 aromatic rings. The van der Waals surface area contributed by atoms with Crippen LogP contribution in [0.15, 0.2) is 54.9 Å². The summed E-state index contributed by atoms with van der Waals surface area (Å²) in [5.74, 6) is -0.0308. The molecular weight excluding hydrogens is 467 g/mol. The van der Waals surface area contributed by atoms with Crippen LogP contribution in [0.2, 0.25) is 5.02 Å². The number of hydrogen-bond donors (Lipinski definition) is 0. The number of pyridine rings is 1. The van der Waals surface area contributed by atoms with Crippen molar-refractivity contribution in [1.82, 2.24) is 4.98 Å². The average Bonchev–Trinajstić information content (AvgIpc) is 2.95. The van der Waals surface area contributed by atoms with Crippen molar-refractivity contribution in [3.8, 4) is 10.6 Å². The van der Waals surface area contributed by atoms with Gasteiger partial charge in [0.1, 0.15) is 12.1 Å². The highest BCUT2D eigenvalue weighted by Gasteiger charge is 2.14. The fraction of sp³-hybridized carbons (Fsp3) is 0.105. The highest BCUT2D eigenvalue weighted by molar-refractivity contribution is 7.17. The number of halogens is 2. The van der Waals surface area contributed by atoms with Crippen molar-refractivity contribution in [2.75, 3.05) is 0 Å². The minimum absolute atomic E-state index is 0. The minimum atomic E-state index is -0.0308. The van der Waals surface area contributed by atoms with Crippen LogP contribution >= 0.6 is 22.9 Å². The number of hydrogen-bond acceptors (Lipinski definition) is 3. The van der Waals surface area contributed by atoms with Crippen LogP contribution < -0.4 is 28.5 Å². The maximum atomic E-state index is 12.5. The third kappa shape index (κ3) is 4.96. The molecule has 2 heterocycles. The second kappa shape index (κ2) is 8.69. The van der Waals surface area contributed by atoms with E-state index in [9.17, 15) is 4.79 Å². The Balaban J connectivity index is 0.00000225. The fourth-order valence-electron chi connectivity index (χ4n) is 2.30. The molecule has 25 heavy (non-hydrogen) atoms. The van der Waals surface area contributed by atoms with Gasteiger partial charge in [-0.2, -0.15) is 0 Å². The monoisotopic (exact) mass is 482 g/mol. The lowest BCUT2D eigenvalue weighted by molar-refractivity contribution is -0.671. The number of aromatic nitrogens is 2. The van der Waals surface area contributed by atoms with Crippen LogP contribution in [0.3, 0.4) is 0 Å². The molecule has 0 aliphatic carbocycles. The van der Waals surface area contributed by atoms with Gasteiger partial charge in [0.25, 0.3) is 0 Å². The molecule has 0 spiro atoms. The molecule has 128 valence electrons. The molecule has 0 fully saturated rings. The number of aryl methyl sites for hydroxylation is 2. The summed E-state index contributed by atoms with van der Waals surface area (Å²) in [4.78, 5) is 17.7. The molecule has 1 aromatic carbocycles. The Morgan fingerprint density at radius 3 is 2.64 bits per heavy atom. The van der Waals surface area contributed by atoms with Crippen molar-refractivity contribution in [3.05, 3.63) is 76.0 Å². The van der Waals surface area contributed by atoms with E-state index in [0.717, 1.165) is 21.8 Å². The Morgan fingerprint density at radius 1 is 1.24 bits per heavy atom. The summed E-state index contributed by atoms with van der Waals surface area (Å²) in [5, 5.41) is 1.51. The van der Waals surface area contributed by atoms with Crippen LogP contribution in [0.25, 0.3) is 16.6 Å². The molecule has 0 saturated heterocycles. The van der Waals surface area contributed by atoms with E-state index in [-0.39, 0.29) is 29.8 Å². The van der Waals surface area contributed by atoms with E-state index >= 15 is 0 Å². The second-order valence-corrected chi connectivity index (χ2v) is 6.88. The van der Waals surface area contributed by atoms with Gasteiger partial charge in [-0.15, -0.1) is 11.3 Å². The van der Waals surface area contributed by atoms with Crippen LogP contribution in [0.5, 0.6) is 0 Å². The third-order valence-electron chi connectivity index (χ3n) is 3.50. The number of carbonyl (C=O) groups is 1. The first-order valence-corrected chi connectivity index (χ1v) is 8.63. The van der Waals surface area contributed by atoms with E-state index in [1.54, 1.807) is 6.08 Å². The molecule has 0 N–H and O–H groups in total. The van der Waals surface area contributed by atoms with Crippen LogP contribution in [-0.2, 0) is 7.05 Å². The highest BCUT2D eigenvalue weighted by Crippen LogP contribution is 2.29. The van der Waals surface area contributed by atoms with Crippen molar-refractivity contribution < 1.29 is 33.3 Å². The SMILES string of the molecule is Cc1nc(-c2ccc(Cl)cc2)sc1C(=O)C=Cc1ccc[n+](C)c1.[I-]. The Morgan fingerprint density at radius 2 is 1.96 bits per heavy atom. The van der Waals surface area contributed by atoms with Gasteiger partial charge < -0.3 is 24.0 Å². The fourth-order valence-corrected chi connectivity index (χ4v) is 3.42. The molecule has 2 aromatic heterocycles. The van der Waals surface area contributed by atoms with E-state index in [2.05, 4.69) is 4.98 Å². The number of ketones is 1. The van der Waals surface area contributed by atoms with Gasteiger partial charge in [0.15, 0.2) is 18.2 Å². The van der Waals surface area contributed by atoms with Gasteiger partial charge in [0.2, 0.25) is 0 Å². The lowest BCUT2D eigenvalue weighted by Crippen LogP contribution is -3.00. The number of allylic oxidation sites excluding steroid dienone is 1. The maximum Gasteiger partial charge on any atom is 0.197 e. The van der Waals surface area contributed by atoms with Crippen LogP contribution in [0.4, 0.5) is 0 Å². The first-order valence-electron chi connectivity index (χ1n) is 7.44. The summed E-state index contributed by atoms with van der Waals surface area (Å²) in [6.45, 7) is 1.86. The van der Waals surface area contributed by atoms with Crippen molar-refractivity contribution >= 4 is 34.8 Å². The molecule has 0 aliphatic rings. The third-order valence-corrected chi connectivity index (χ3v) is 4.97. The zero-order valence-corrected chi connectivity index (χ0v) is 17.5. The van der Waals surface area contributed by atoms with Gasteiger partial charge in [-0.25, -0.2) is 9.55 Å². The topological polar surface area (TPSA) is 33.8 Å². The highest BCUT2D eigenvalue weighted by atomic mass is 127. The summed E-state index contributed by atoms with van der Waals surface area (Å²) in [6, 6.07) is 11.4. The van der Waals surface area contributed by atoms with Crippen LogP contribution in [-0.4, -0.2) is 10.8 Å². The average molecular weight is 483 g/mol. The molecule has 3 nitrogen and oxygen atoms in total. The second-order valence-electron chi connectivity index (χ2n) is 5.44. The number of benzene rings is 1. The summed E-state index contributed by atoms with van der Waals surface area (Å²) in [6.07, 6.45) is 7.33. The summed E-state index contributed by atoms with van der Waals surface area (Å²) in [7, 11) is 1.95. The Bertz CT molecular complexity index is 919. The Kier molecular flexibility index (Phi) is 6.87. The molecule has 0 atom stereocenters. The van der Waals surface area contributed by atoms with E-state index in [0.29, 0.717) is 9.90 Å². The molecule has 0 aliphatic heterocycles. The molecule has 0 amide bonds. The predicted octanol–water partition coefficient (Wildman–Crippen LogP) is 1.50. The predicted molar refractivity (Wildman–Crippen MR) is 98.3 cm³/mol. The van der Waals surface area contributed by atoms with Gasteiger partial charge in [-0.1, -0.05) is 23.7 Å². The molecule has 0 radical (unpaired) electrons. The molecule has 3 rings (SSSR count). The van der Waals surface area contributed by atoms with Gasteiger partial charge in [0, 0.05) is 22.2 Å². The largest absolute Gasteiger partial charge is 1.00 e. The summed E-state index contributed by atoms with van der Waals surface area (Å²) < 4.78 is 1.95. The standard InChI is InChI=1S/C19H16ClN2OS.HI/c1-13-18(17(23)10-5-14-4-3-11-22(2)12-14)24-19(21-13)15-6-8-16(20)9-7-15;/h3-12H,1-2H3;1H/q+1;/p-1. The maximum absolute atomic E-state index is 12.5. The van der Waals surface area contributed by atoms with Crippen LogP contribution in [0, 0.1) is 6.92 Å². The first-order chi connectivity index (χ1) is 11.5. The van der Waals surface area contributed by atoms with Crippen molar-refractivity contribution in [2.24, 2.45) is 7.05 Å². The number of rotatable bonds is 4. The van der Waals surface area contributed by atoms with Gasteiger partial charge >= 0.3 is 0 Å². The smallest absolute Gasteiger partial charge is 0.197 e. The van der Waals surface area contributed by atoms with E-state index in [1.807, 2.05) is 73.4 Å². The molecular formula is C19H16ClIN2OS. The van der Waals surface area contributed by atoms with E-state index in [4.69, 9.17) is 11.6 Å². The number of thiazole rings is 1. The summed E-state index contributed by atoms with van der Waals surface area (Å²) in [5.41, 5.74) is 2.69. The lowest BCUT2D eigenvalue weighted by Gasteiger charge is -1.95. The van der Waals surface area contributed by atoms with E-state index < -0.39 is 0 Å². The summed E-state index contributed by atoms with van der Waals surface area (Å²) >= 11 is 7.32. The van der Waals surface area contributed by atoms with Crippen molar-refractivity contribution in [2.45, 2.75) is 6.92 Å². The molecule has 0 bridgehead atoms. The van der Waals surface area contributed by atoms with E-state index in [1.165, 1.54) is 11.3 Å². The number of carbonyl (C=O) groups excluding carboxylic acids is 1. The first kappa shape index (κ1) is 19.8. The minimum Gasteiger partial charge on any atom is -1.00 e. The molecule has 6 heteroatoms. The quantitative estimate of drug-likeness (QED) is 0.244. The molecule has 0 unspecified atom stereocenters. The Hall–Kier alpha value is -1.57. The number of nitrogens with zero attached hydrogens (tertiary/aromatic N) is 2. The van der Waals surface area contributed by atoms with Crippen molar-refractivity contribution in [1.29, 1.82) is 0 Å². The van der Waals surface area contributed by atoms with Gasteiger partial charge in [0.05, 0.1) is 10.6 Å². The Labute approximate surface area is 173 Å². The van der Waals surface area contributed by atoms with Gasteiger partial charge in [-0.3, -0.25) is 4.79 Å². The normalized spacial score (nSPS) is 10.7. The molecule has 0 saturated carbocycles.